The van der Waals surface area contributed by atoms with Crippen LogP contribution < -0.4 is 5.73 Å². The topological polar surface area (TPSA) is 38.5 Å². The molecule has 0 bridgehead atoms. The second-order valence-corrected chi connectivity index (χ2v) is 5.11. The van der Waals surface area contributed by atoms with Crippen LogP contribution in [0.15, 0.2) is 0 Å². The fourth-order valence-electron chi connectivity index (χ4n) is 3.12. The molecule has 2 fully saturated rings. The largest absolute Gasteiger partial charge is 0.378 e. The van der Waals surface area contributed by atoms with Gasteiger partial charge < -0.3 is 10.5 Å². The van der Waals surface area contributed by atoms with Gasteiger partial charge in [-0.2, -0.15) is 0 Å². The van der Waals surface area contributed by atoms with E-state index in [1.54, 1.807) is 0 Å². The van der Waals surface area contributed by atoms with E-state index in [-0.39, 0.29) is 5.54 Å². The summed E-state index contributed by atoms with van der Waals surface area (Å²) in [6.07, 6.45) is 6.69. The Morgan fingerprint density at radius 1 is 1.33 bits per heavy atom. The molecule has 0 aliphatic carbocycles. The Morgan fingerprint density at radius 2 is 2.07 bits per heavy atom. The molecule has 0 aromatic carbocycles. The third-order valence-corrected chi connectivity index (χ3v) is 4.04. The highest BCUT2D eigenvalue weighted by Gasteiger charge is 2.39. The third-order valence-electron chi connectivity index (χ3n) is 4.04. The lowest BCUT2D eigenvalue weighted by molar-refractivity contribution is -0.0686. The molecule has 2 aliphatic heterocycles. The molecule has 3 nitrogen and oxygen atoms in total. The van der Waals surface area contributed by atoms with Crippen molar-refractivity contribution in [3.63, 3.8) is 0 Å². The van der Waals surface area contributed by atoms with Crippen LogP contribution >= 0.6 is 0 Å². The van der Waals surface area contributed by atoms with Gasteiger partial charge in [0, 0.05) is 18.7 Å². The molecule has 0 spiro atoms. The lowest BCUT2D eigenvalue weighted by Gasteiger charge is -2.49. The maximum atomic E-state index is 6.03. The fraction of sp³-hybridized carbons (Fsp3) is 1.00. The van der Waals surface area contributed by atoms with Gasteiger partial charge in [-0.15, -0.1) is 0 Å². The lowest BCUT2D eigenvalue weighted by Crippen LogP contribution is -2.59. The van der Waals surface area contributed by atoms with Crippen LogP contribution in [-0.2, 0) is 4.74 Å². The zero-order chi connectivity index (χ0) is 10.7. The minimum Gasteiger partial charge on any atom is -0.378 e. The first kappa shape index (κ1) is 11.4. The standard InChI is InChI=1S/C12H24N2O/c1-11-9-12(10-13,5-8-15-11)14-6-3-2-4-7-14/h11H,2-10,13H2,1H3. The quantitative estimate of drug-likeness (QED) is 0.751. The van der Waals surface area contributed by atoms with Crippen LogP contribution in [0.3, 0.4) is 0 Å². The highest BCUT2D eigenvalue weighted by molar-refractivity contribution is 4.96. The van der Waals surface area contributed by atoms with Gasteiger partial charge in [0.25, 0.3) is 0 Å². The molecular weight excluding hydrogens is 188 g/mol. The summed E-state index contributed by atoms with van der Waals surface area (Å²) in [5, 5.41) is 0. The van der Waals surface area contributed by atoms with Crippen molar-refractivity contribution in [3.8, 4) is 0 Å². The van der Waals surface area contributed by atoms with Crippen LogP contribution in [-0.4, -0.2) is 42.8 Å². The Hall–Kier alpha value is -0.120. The highest BCUT2D eigenvalue weighted by atomic mass is 16.5. The predicted molar refractivity (Wildman–Crippen MR) is 61.9 cm³/mol. The number of rotatable bonds is 2. The van der Waals surface area contributed by atoms with Crippen molar-refractivity contribution in [2.75, 3.05) is 26.2 Å². The Bertz CT molecular complexity index is 204. The first-order chi connectivity index (χ1) is 7.27. The summed E-state index contributed by atoms with van der Waals surface area (Å²) < 4.78 is 5.64. The summed E-state index contributed by atoms with van der Waals surface area (Å²) in [6, 6.07) is 0. The molecule has 2 heterocycles. The molecule has 0 radical (unpaired) electrons. The van der Waals surface area contributed by atoms with Gasteiger partial charge in [-0.25, -0.2) is 0 Å². The zero-order valence-electron chi connectivity index (χ0n) is 9.87. The van der Waals surface area contributed by atoms with E-state index in [0.717, 1.165) is 26.0 Å². The third kappa shape index (κ3) is 2.35. The average molecular weight is 212 g/mol. The van der Waals surface area contributed by atoms with Crippen LogP contribution in [0.5, 0.6) is 0 Å². The SMILES string of the molecule is CC1CC(CN)(N2CCCCC2)CCO1. The van der Waals surface area contributed by atoms with Gasteiger partial charge >= 0.3 is 0 Å². The van der Waals surface area contributed by atoms with Crippen LogP contribution in [0.4, 0.5) is 0 Å². The van der Waals surface area contributed by atoms with E-state index in [1.165, 1.54) is 32.4 Å². The van der Waals surface area contributed by atoms with Gasteiger partial charge in [-0.3, -0.25) is 4.90 Å². The van der Waals surface area contributed by atoms with Gasteiger partial charge in [0.2, 0.25) is 0 Å². The Balaban J connectivity index is 2.04. The van der Waals surface area contributed by atoms with Crippen molar-refractivity contribution in [1.29, 1.82) is 0 Å². The minimum absolute atomic E-state index is 0.248. The first-order valence-electron chi connectivity index (χ1n) is 6.33. The summed E-state index contributed by atoms with van der Waals surface area (Å²) in [5.74, 6) is 0. The number of nitrogens with zero attached hydrogens (tertiary/aromatic N) is 1. The molecule has 0 amide bonds. The van der Waals surface area contributed by atoms with Crippen LogP contribution in [0.1, 0.15) is 39.0 Å². The number of hydrogen-bond acceptors (Lipinski definition) is 3. The molecule has 3 heteroatoms. The molecule has 0 aromatic heterocycles. The van der Waals surface area contributed by atoms with Gasteiger partial charge in [0.05, 0.1) is 6.10 Å². The molecule has 2 aliphatic rings. The molecule has 2 N–H and O–H groups in total. The number of likely N-dealkylation sites (tertiary alicyclic amines) is 1. The summed E-state index contributed by atoms with van der Waals surface area (Å²) in [5.41, 5.74) is 6.28. The average Bonchev–Trinajstić information content (AvgIpc) is 2.30. The summed E-state index contributed by atoms with van der Waals surface area (Å²) >= 11 is 0. The smallest absolute Gasteiger partial charge is 0.0565 e. The van der Waals surface area contributed by atoms with E-state index < -0.39 is 0 Å². The monoisotopic (exact) mass is 212 g/mol. The van der Waals surface area contributed by atoms with Crippen molar-refractivity contribution in [2.45, 2.75) is 50.7 Å². The van der Waals surface area contributed by atoms with E-state index in [0.29, 0.717) is 6.10 Å². The Morgan fingerprint density at radius 3 is 2.67 bits per heavy atom. The van der Waals surface area contributed by atoms with Crippen molar-refractivity contribution >= 4 is 0 Å². The van der Waals surface area contributed by atoms with Gasteiger partial charge in [0.15, 0.2) is 0 Å². The maximum Gasteiger partial charge on any atom is 0.0565 e. The van der Waals surface area contributed by atoms with Crippen molar-refractivity contribution in [2.24, 2.45) is 5.73 Å². The van der Waals surface area contributed by atoms with E-state index in [9.17, 15) is 0 Å². The molecule has 2 atom stereocenters. The molecule has 2 unspecified atom stereocenters. The normalized spacial score (nSPS) is 39.2. The molecule has 15 heavy (non-hydrogen) atoms. The van der Waals surface area contributed by atoms with Crippen LogP contribution in [0.2, 0.25) is 0 Å². The first-order valence-corrected chi connectivity index (χ1v) is 6.33. The molecule has 88 valence electrons. The Kier molecular flexibility index (Phi) is 3.65. The van der Waals surface area contributed by atoms with Gasteiger partial charge in [0.1, 0.15) is 0 Å². The van der Waals surface area contributed by atoms with Crippen LogP contribution in [0, 0.1) is 0 Å². The van der Waals surface area contributed by atoms with Crippen LogP contribution in [0.25, 0.3) is 0 Å². The van der Waals surface area contributed by atoms with Crippen molar-refractivity contribution in [1.82, 2.24) is 4.90 Å². The number of hydrogen-bond donors (Lipinski definition) is 1. The Labute approximate surface area is 93.0 Å². The second-order valence-electron chi connectivity index (χ2n) is 5.11. The number of piperidine rings is 1. The summed E-state index contributed by atoms with van der Waals surface area (Å²) in [7, 11) is 0. The molecule has 2 rings (SSSR count). The lowest BCUT2D eigenvalue weighted by atomic mass is 9.84. The van der Waals surface area contributed by atoms with Gasteiger partial charge in [-0.05, 0) is 45.7 Å². The van der Waals surface area contributed by atoms with Crippen molar-refractivity contribution < 1.29 is 4.74 Å². The van der Waals surface area contributed by atoms with E-state index in [1.807, 2.05) is 0 Å². The van der Waals surface area contributed by atoms with Gasteiger partial charge in [-0.1, -0.05) is 6.42 Å². The van der Waals surface area contributed by atoms with E-state index in [4.69, 9.17) is 10.5 Å². The maximum absolute atomic E-state index is 6.03. The second kappa shape index (κ2) is 4.81. The highest BCUT2D eigenvalue weighted by Crippen LogP contribution is 2.32. The zero-order valence-corrected chi connectivity index (χ0v) is 9.87. The van der Waals surface area contributed by atoms with Crippen molar-refractivity contribution in [3.05, 3.63) is 0 Å². The number of ether oxygens (including phenoxy) is 1. The summed E-state index contributed by atoms with van der Waals surface area (Å²) in [4.78, 5) is 2.63. The minimum atomic E-state index is 0.248. The van der Waals surface area contributed by atoms with E-state index in [2.05, 4.69) is 11.8 Å². The predicted octanol–water partition coefficient (Wildman–Crippen LogP) is 1.37. The molecule has 2 saturated heterocycles. The molecule has 0 aromatic rings. The molecule has 0 saturated carbocycles. The molecular formula is C12H24N2O. The van der Waals surface area contributed by atoms with E-state index >= 15 is 0 Å². The summed E-state index contributed by atoms with van der Waals surface area (Å²) in [6.45, 7) is 6.33. The number of nitrogens with two attached hydrogens (primary N) is 1. The fourth-order valence-corrected chi connectivity index (χ4v) is 3.12.